The lowest BCUT2D eigenvalue weighted by Gasteiger charge is -2.17. The van der Waals surface area contributed by atoms with Gasteiger partial charge in [-0.3, -0.25) is 25.2 Å². The minimum atomic E-state index is -1.15. The fourth-order valence-electron chi connectivity index (χ4n) is 2.11. The third-order valence-electron chi connectivity index (χ3n) is 3.52. The van der Waals surface area contributed by atoms with Crippen LogP contribution in [0.2, 0.25) is 0 Å². The normalized spacial score (nSPS) is 13.5. The first-order valence-corrected chi connectivity index (χ1v) is 7.23. The molecule has 130 valence electrons. The molecule has 0 aliphatic rings. The molecular weight excluding hydrogens is 330 g/mol. The largest absolute Gasteiger partial charge is 0.394 e. The summed E-state index contributed by atoms with van der Waals surface area (Å²) in [6.07, 6.45) is 0.235. The molecule has 2 aromatic rings. The van der Waals surface area contributed by atoms with Crippen LogP contribution in [0.4, 0.5) is 11.4 Å². The van der Waals surface area contributed by atoms with Crippen LogP contribution >= 0.6 is 0 Å². The highest BCUT2D eigenvalue weighted by molar-refractivity contribution is 5.80. The van der Waals surface area contributed by atoms with Gasteiger partial charge >= 0.3 is 0 Å². The van der Waals surface area contributed by atoms with Crippen LogP contribution in [0.25, 0.3) is 0 Å². The Labute approximate surface area is 142 Å². The van der Waals surface area contributed by atoms with Crippen LogP contribution in [0.5, 0.6) is 0 Å². The zero-order valence-electron chi connectivity index (χ0n) is 12.9. The molecule has 0 radical (unpaired) electrons. The van der Waals surface area contributed by atoms with Gasteiger partial charge in [0.05, 0.1) is 16.5 Å². The predicted octanol–water partition coefficient (Wildman–Crippen LogP) is 2.02. The standard InChI is InChI=1S/C16H15N3O6/c20-10-15(16(21)12-3-7-14(8-4-12)19(24)25)17-9-11-1-5-13(6-2-11)18(22)23/h1-9,15-16,20-21H,10H2/t15-,16-/m1/s1. The molecule has 0 amide bonds. The summed E-state index contributed by atoms with van der Waals surface area (Å²) >= 11 is 0. The molecule has 9 nitrogen and oxygen atoms in total. The van der Waals surface area contributed by atoms with Gasteiger partial charge in [0.15, 0.2) is 0 Å². The number of aliphatic imine (C=N–C) groups is 1. The summed E-state index contributed by atoms with van der Waals surface area (Å²) in [5.41, 5.74) is 0.790. The molecule has 0 aromatic heterocycles. The molecule has 0 unspecified atom stereocenters. The average molecular weight is 345 g/mol. The summed E-state index contributed by atoms with van der Waals surface area (Å²) in [4.78, 5) is 24.3. The van der Waals surface area contributed by atoms with E-state index >= 15 is 0 Å². The first kappa shape index (κ1) is 18.2. The molecule has 0 bridgehead atoms. The average Bonchev–Trinajstić information content (AvgIpc) is 2.62. The van der Waals surface area contributed by atoms with Crippen LogP contribution in [0, 0.1) is 20.2 Å². The van der Waals surface area contributed by atoms with E-state index in [0.717, 1.165) is 0 Å². The Balaban J connectivity index is 2.12. The van der Waals surface area contributed by atoms with E-state index in [0.29, 0.717) is 11.1 Å². The lowest BCUT2D eigenvalue weighted by Crippen LogP contribution is -2.21. The van der Waals surface area contributed by atoms with Gasteiger partial charge in [-0.05, 0) is 35.4 Å². The van der Waals surface area contributed by atoms with E-state index in [-0.39, 0.29) is 11.4 Å². The molecule has 2 aromatic carbocycles. The second-order valence-corrected chi connectivity index (χ2v) is 5.17. The predicted molar refractivity (Wildman–Crippen MR) is 89.6 cm³/mol. The van der Waals surface area contributed by atoms with Gasteiger partial charge in [0.25, 0.3) is 11.4 Å². The van der Waals surface area contributed by atoms with E-state index in [1.807, 2.05) is 0 Å². The third kappa shape index (κ3) is 4.66. The van der Waals surface area contributed by atoms with Crippen molar-refractivity contribution in [2.24, 2.45) is 4.99 Å². The fourth-order valence-corrected chi connectivity index (χ4v) is 2.11. The van der Waals surface area contributed by atoms with Crippen LogP contribution in [-0.4, -0.2) is 38.9 Å². The van der Waals surface area contributed by atoms with Crippen LogP contribution in [0.15, 0.2) is 53.5 Å². The number of nitro groups is 2. The summed E-state index contributed by atoms with van der Waals surface area (Å²) < 4.78 is 0. The lowest BCUT2D eigenvalue weighted by atomic mass is 10.0. The van der Waals surface area contributed by atoms with Gasteiger partial charge in [-0.25, -0.2) is 0 Å². The number of rotatable bonds is 7. The van der Waals surface area contributed by atoms with E-state index in [2.05, 4.69) is 4.99 Å². The molecule has 0 heterocycles. The third-order valence-corrected chi connectivity index (χ3v) is 3.52. The van der Waals surface area contributed by atoms with Crippen molar-refractivity contribution in [3.63, 3.8) is 0 Å². The van der Waals surface area contributed by atoms with Gasteiger partial charge in [0.1, 0.15) is 12.1 Å². The number of nitrogens with zero attached hydrogens (tertiary/aromatic N) is 3. The number of hydrogen-bond acceptors (Lipinski definition) is 7. The molecule has 25 heavy (non-hydrogen) atoms. The highest BCUT2D eigenvalue weighted by Gasteiger charge is 2.20. The Kier molecular flexibility index (Phi) is 5.88. The number of hydrogen-bond donors (Lipinski definition) is 2. The molecule has 0 spiro atoms. The Bertz CT molecular complexity index is 773. The number of non-ortho nitro benzene ring substituents is 2. The topological polar surface area (TPSA) is 139 Å². The Morgan fingerprint density at radius 2 is 1.44 bits per heavy atom. The molecule has 0 aliphatic carbocycles. The van der Waals surface area contributed by atoms with Crippen molar-refractivity contribution in [1.82, 2.24) is 0 Å². The first-order chi connectivity index (χ1) is 11.9. The Morgan fingerprint density at radius 1 is 0.960 bits per heavy atom. The maximum absolute atomic E-state index is 10.6. The smallest absolute Gasteiger partial charge is 0.269 e. The van der Waals surface area contributed by atoms with Gasteiger partial charge in [-0.15, -0.1) is 0 Å². The maximum Gasteiger partial charge on any atom is 0.269 e. The van der Waals surface area contributed by atoms with Crippen molar-refractivity contribution in [2.75, 3.05) is 6.61 Å². The molecule has 0 aliphatic heterocycles. The number of aliphatic hydroxyl groups is 2. The van der Waals surface area contributed by atoms with Crippen LogP contribution < -0.4 is 0 Å². The molecule has 9 heteroatoms. The maximum atomic E-state index is 10.6. The van der Waals surface area contributed by atoms with Crippen LogP contribution in [0.1, 0.15) is 17.2 Å². The Morgan fingerprint density at radius 3 is 1.88 bits per heavy atom. The van der Waals surface area contributed by atoms with Crippen LogP contribution in [-0.2, 0) is 0 Å². The molecule has 0 saturated carbocycles. The molecule has 0 saturated heterocycles. The van der Waals surface area contributed by atoms with Gasteiger partial charge in [0.2, 0.25) is 0 Å². The second-order valence-electron chi connectivity index (χ2n) is 5.17. The molecule has 0 fully saturated rings. The summed E-state index contributed by atoms with van der Waals surface area (Å²) in [6, 6.07) is 10.1. The number of nitro benzene ring substituents is 2. The van der Waals surface area contributed by atoms with Gasteiger partial charge in [-0.2, -0.15) is 0 Å². The van der Waals surface area contributed by atoms with E-state index in [1.165, 1.54) is 54.7 Å². The van der Waals surface area contributed by atoms with Gasteiger partial charge < -0.3 is 10.2 Å². The molecule has 2 atom stereocenters. The minimum Gasteiger partial charge on any atom is -0.394 e. The summed E-state index contributed by atoms with van der Waals surface area (Å²) in [7, 11) is 0. The van der Waals surface area contributed by atoms with E-state index in [4.69, 9.17) is 0 Å². The SMILES string of the molecule is O=[N+]([O-])c1ccc(C=N[C@H](CO)[C@H](O)c2ccc([N+](=O)[O-])cc2)cc1. The first-order valence-electron chi connectivity index (χ1n) is 7.23. The van der Waals surface area contributed by atoms with E-state index < -0.39 is 28.6 Å². The Hall–Kier alpha value is -3.17. The van der Waals surface area contributed by atoms with Crippen molar-refractivity contribution in [3.8, 4) is 0 Å². The van der Waals surface area contributed by atoms with Crippen molar-refractivity contribution in [1.29, 1.82) is 0 Å². The zero-order valence-corrected chi connectivity index (χ0v) is 12.9. The van der Waals surface area contributed by atoms with Crippen molar-refractivity contribution in [3.05, 3.63) is 79.9 Å². The fraction of sp³-hybridized carbons (Fsp3) is 0.188. The minimum absolute atomic E-state index is 0.0539. The van der Waals surface area contributed by atoms with Gasteiger partial charge in [-0.1, -0.05) is 0 Å². The molecule has 2 N–H and O–H groups in total. The summed E-state index contributed by atoms with van der Waals surface area (Å²) in [6.45, 7) is -0.443. The van der Waals surface area contributed by atoms with E-state index in [9.17, 15) is 30.4 Å². The van der Waals surface area contributed by atoms with Crippen LogP contribution in [0.3, 0.4) is 0 Å². The van der Waals surface area contributed by atoms with Crippen molar-refractivity contribution in [2.45, 2.75) is 12.1 Å². The quantitative estimate of drug-likeness (QED) is 0.447. The highest BCUT2D eigenvalue weighted by atomic mass is 16.6. The zero-order chi connectivity index (χ0) is 18.4. The monoisotopic (exact) mass is 345 g/mol. The highest BCUT2D eigenvalue weighted by Crippen LogP contribution is 2.22. The van der Waals surface area contributed by atoms with E-state index in [1.54, 1.807) is 0 Å². The molecular formula is C16H15N3O6. The molecule has 2 rings (SSSR count). The number of aliphatic hydroxyl groups excluding tert-OH is 2. The van der Waals surface area contributed by atoms with Crippen molar-refractivity contribution < 1.29 is 20.1 Å². The summed E-state index contributed by atoms with van der Waals surface area (Å²) in [5, 5.41) is 40.9. The lowest BCUT2D eigenvalue weighted by molar-refractivity contribution is -0.385. The second kappa shape index (κ2) is 8.08. The number of benzene rings is 2. The van der Waals surface area contributed by atoms with Crippen molar-refractivity contribution >= 4 is 17.6 Å². The van der Waals surface area contributed by atoms with Gasteiger partial charge in [0, 0.05) is 30.5 Å². The summed E-state index contributed by atoms with van der Waals surface area (Å²) in [5.74, 6) is 0.